The van der Waals surface area contributed by atoms with Gasteiger partial charge in [-0.05, 0) is 12.5 Å². The second-order valence-corrected chi connectivity index (χ2v) is 4.19. The van der Waals surface area contributed by atoms with Crippen molar-refractivity contribution in [2.24, 2.45) is 0 Å². The average Bonchev–Trinajstić information content (AvgIpc) is 2.40. The summed E-state index contributed by atoms with van der Waals surface area (Å²) in [7, 11) is 0. The van der Waals surface area contributed by atoms with Crippen LogP contribution in [0.15, 0.2) is 12.1 Å². The van der Waals surface area contributed by atoms with Crippen LogP contribution in [0.25, 0.3) is 0 Å². The molecule has 1 amide bonds. The van der Waals surface area contributed by atoms with Gasteiger partial charge in [0.05, 0.1) is 11.0 Å². The van der Waals surface area contributed by atoms with Gasteiger partial charge in [0.25, 0.3) is 11.6 Å². The number of benzene rings is 1. The van der Waals surface area contributed by atoms with E-state index in [1.54, 1.807) is 6.92 Å². The normalized spacial score (nSPS) is 11.8. The van der Waals surface area contributed by atoms with Crippen LogP contribution < -0.4 is 5.32 Å². The van der Waals surface area contributed by atoms with Crippen molar-refractivity contribution in [2.75, 3.05) is 0 Å². The summed E-state index contributed by atoms with van der Waals surface area (Å²) >= 11 is 0. The van der Waals surface area contributed by atoms with Crippen molar-refractivity contribution in [1.82, 2.24) is 5.32 Å². The number of carboxylic acids is 1. The van der Waals surface area contributed by atoms with Gasteiger partial charge in [-0.25, -0.2) is 13.6 Å². The van der Waals surface area contributed by atoms with Crippen LogP contribution in [0.4, 0.5) is 14.5 Å². The number of amides is 1. The van der Waals surface area contributed by atoms with Crippen molar-refractivity contribution in [1.29, 1.82) is 0 Å². The molecule has 7 nitrogen and oxygen atoms in total. The lowest BCUT2D eigenvalue weighted by molar-refractivity contribution is -0.385. The van der Waals surface area contributed by atoms with Gasteiger partial charge in [0.1, 0.15) is 11.6 Å². The van der Waals surface area contributed by atoms with E-state index in [0.29, 0.717) is 12.5 Å². The number of carbonyl (C=O) groups excluding carboxylic acids is 1. The number of carboxylic acid groups (broad SMARTS) is 1. The maximum Gasteiger partial charge on any atom is 0.326 e. The number of rotatable bonds is 6. The number of carbonyl (C=O) groups is 2. The van der Waals surface area contributed by atoms with Crippen LogP contribution in [0, 0.1) is 21.7 Å². The topological polar surface area (TPSA) is 110 Å². The van der Waals surface area contributed by atoms with E-state index in [1.165, 1.54) is 0 Å². The molecule has 114 valence electrons. The molecule has 0 heterocycles. The lowest BCUT2D eigenvalue weighted by Gasteiger charge is -2.13. The summed E-state index contributed by atoms with van der Waals surface area (Å²) in [4.78, 5) is 32.5. The van der Waals surface area contributed by atoms with Crippen molar-refractivity contribution in [3.63, 3.8) is 0 Å². The lowest BCUT2D eigenvalue weighted by atomic mass is 10.1. The standard InChI is InChI=1S/C12H12F2N2O5/c1-2-3-9(12(18)19)15-11(17)6-4-7(13)8(14)5-10(6)16(20)21/h4-5,9H,2-3H2,1H3,(H,15,17)(H,18,19). The Morgan fingerprint density at radius 1 is 1.38 bits per heavy atom. The number of hydrogen-bond donors (Lipinski definition) is 2. The first-order chi connectivity index (χ1) is 9.77. The maximum atomic E-state index is 13.1. The number of hydrogen-bond acceptors (Lipinski definition) is 4. The number of aliphatic carboxylic acids is 1. The number of halogens is 2. The van der Waals surface area contributed by atoms with Crippen LogP contribution in [0.3, 0.4) is 0 Å². The fraction of sp³-hybridized carbons (Fsp3) is 0.333. The Kier molecular flexibility index (Phi) is 5.28. The summed E-state index contributed by atoms with van der Waals surface area (Å²) in [6.45, 7) is 1.68. The van der Waals surface area contributed by atoms with Crippen LogP contribution in [-0.2, 0) is 4.79 Å². The molecule has 21 heavy (non-hydrogen) atoms. The third-order valence-electron chi connectivity index (χ3n) is 2.66. The lowest BCUT2D eigenvalue weighted by Crippen LogP contribution is -2.40. The summed E-state index contributed by atoms with van der Waals surface area (Å²) < 4.78 is 26.1. The van der Waals surface area contributed by atoms with Gasteiger partial charge >= 0.3 is 5.97 Å². The highest BCUT2D eigenvalue weighted by Gasteiger charge is 2.27. The second-order valence-electron chi connectivity index (χ2n) is 4.19. The van der Waals surface area contributed by atoms with Gasteiger partial charge in [0.15, 0.2) is 11.6 Å². The largest absolute Gasteiger partial charge is 0.480 e. The molecule has 9 heteroatoms. The molecule has 0 fully saturated rings. The van der Waals surface area contributed by atoms with Crippen molar-refractivity contribution in [3.05, 3.63) is 39.4 Å². The number of nitro groups is 1. The molecular weight excluding hydrogens is 290 g/mol. The summed E-state index contributed by atoms with van der Waals surface area (Å²) in [5.74, 6) is -5.38. The Balaban J connectivity index is 3.14. The van der Waals surface area contributed by atoms with Crippen molar-refractivity contribution < 1.29 is 28.4 Å². The van der Waals surface area contributed by atoms with E-state index in [0.717, 1.165) is 0 Å². The predicted molar refractivity (Wildman–Crippen MR) is 66.8 cm³/mol. The molecule has 1 aromatic rings. The first-order valence-corrected chi connectivity index (χ1v) is 5.95. The Morgan fingerprint density at radius 3 is 2.43 bits per heavy atom. The molecule has 0 aromatic heterocycles. The zero-order valence-corrected chi connectivity index (χ0v) is 10.9. The highest BCUT2D eigenvalue weighted by Crippen LogP contribution is 2.22. The zero-order chi connectivity index (χ0) is 16.2. The van der Waals surface area contributed by atoms with E-state index in [-0.39, 0.29) is 12.5 Å². The zero-order valence-electron chi connectivity index (χ0n) is 10.9. The minimum Gasteiger partial charge on any atom is -0.480 e. The fourth-order valence-corrected chi connectivity index (χ4v) is 1.65. The number of nitro benzene ring substituents is 1. The fourth-order valence-electron chi connectivity index (χ4n) is 1.65. The van der Waals surface area contributed by atoms with Crippen LogP contribution in [-0.4, -0.2) is 27.9 Å². The predicted octanol–water partition coefficient (Wildman–Crippen LogP) is 1.86. The average molecular weight is 302 g/mol. The maximum absolute atomic E-state index is 13.1. The molecule has 0 saturated carbocycles. The summed E-state index contributed by atoms with van der Waals surface area (Å²) in [6, 6.07) is -0.622. The molecule has 0 aliphatic heterocycles. The quantitative estimate of drug-likeness (QED) is 0.615. The Hall–Kier alpha value is -2.58. The van der Waals surface area contributed by atoms with Crippen LogP contribution in [0.2, 0.25) is 0 Å². The van der Waals surface area contributed by atoms with E-state index in [9.17, 15) is 28.5 Å². The minimum atomic E-state index is -1.47. The molecule has 0 aliphatic carbocycles. The molecule has 1 unspecified atom stereocenters. The summed E-state index contributed by atoms with van der Waals surface area (Å²) in [6.07, 6.45) is 0.537. The highest BCUT2D eigenvalue weighted by molar-refractivity contribution is 6.00. The van der Waals surface area contributed by atoms with Gasteiger partial charge < -0.3 is 10.4 Å². The first-order valence-electron chi connectivity index (χ1n) is 5.95. The third kappa shape index (κ3) is 3.94. The third-order valence-corrected chi connectivity index (χ3v) is 2.66. The van der Waals surface area contributed by atoms with Crippen molar-refractivity contribution in [2.45, 2.75) is 25.8 Å². The van der Waals surface area contributed by atoms with E-state index >= 15 is 0 Å². The van der Waals surface area contributed by atoms with Crippen molar-refractivity contribution >= 4 is 17.6 Å². The van der Waals surface area contributed by atoms with Crippen LogP contribution in [0.1, 0.15) is 30.1 Å². The first kappa shape index (κ1) is 16.5. The smallest absolute Gasteiger partial charge is 0.326 e. The van der Waals surface area contributed by atoms with Gasteiger partial charge in [-0.3, -0.25) is 14.9 Å². The molecule has 0 spiro atoms. The van der Waals surface area contributed by atoms with E-state index in [4.69, 9.17) is 5.11 Å². The number of nitrogens with zero attached hydrogens (tertiary/aromatic N) is 1. The van der Waals surface area contributed by atoms with Crippen LogP contribution in [0.5, 0.6) is 0 Å². The van der Waals surface area contributed by atoms with E-state index in [2.05, 4.69) is 0 Å². The second kappa shape index (κ2) is 6.73. The van der Waals surface area contributed by atoms with Crippen LogP contribution >= 0.6 is 0 Å². The summed E-state index contributed by atoms with van der Waals surface area (Å²) in [5.41, 5.74) is -1.67. The summed E-state index contributed by atoms with van der Waals surface area (Å²) in [5, 5.41) is 21.7. The SMILES string of the molecule is CCCC(NC(=O)c1cc(F)c(F)cc1[N+](=O)[O-])C(=O)O. The Bertz CT molecular complexity index is 591. The van der Waals surface area contributed by atoms with Gasteiger partial charge in [-0.2, -0.15) is 0 Å². The molecule has 0 saturated heterocycles. The molecule has 1 atom stereocenters. The molecule has 0 aliphatic rings. The van der Waals surface area contributed by atoms with Gasteiger partial charge in [0.2, 0.25) is 0 Å². The molecule has 1 aromatic carbocycles. The molecule has 0 bridgehead atoms. The molecule has 1 rings (SSSR count). The van der Waals surface area contributed by atoms with Gasteiger partial charge in [-0.15, -0.1) is 0 Å². The highest BCUT2D eigenvalue weighted by atomic mass is 19.2. The van der Waals surface area contributed by atoms with Gasteiger partial charge in [-0.1, -0.05) is 13.3 Å². The van der Waals surface area contributed by atoms with E-state index in [1.807, 2.05) is 5.32 Å². The molecular formula is C12H12F2N2O5. The van der Waals surface area contributed by atoms with Gasteiger partial charge in [0, 0.05) is 0 Å². The number of nitrogens with one attached hydrogen (secondary N) is 1. The van der Waals surface area contributed by atoms with Crippen molar-refractivity contribution in [3.8, 4) is 0 Å². The Labute approximate surface area is 117 Å². The monoisotopic (exact) mass is 302 g/mol. The van der Waals surface area contributed by atoms with E-state index < -0.39 is 45.7 Å². The minimum absolute atomic E-state index is 0.0958. The Morgan fingerprint density at radius 2 is 1.95 bits per heavy atom. The molecule has 0 radical (unpaired) electrons. The molecule has 2 N–H and O–H groups in total.